The van der Waals surface area contributed by atoms with Crippen molar-refractivity contribution in [3.05, 3.63) is 84.4 Å². The number of rotatable bonds is 8. The quantitative estimate of drug-likeness (QED) is 0.391. The Hall–Kier alpha value is -3.52. The maximum Gasteiger partial charge on any atom is 0.233 e. The Morgan fingerprint density at radius 2 is 1.87 bits per heavy atom. The molecule has 0 unspecified atom stereocenters. The highest BCUT2D eigenvalue weighted by atomic mass is 32.2. The first-order valence-corrected chi connectivity index (χ1v) is 11.3. The van der Waals surface area contributed by atoms with E-state index in [0.29, 0.717) is 36.5 Å². The van der Waals surface area contributed by atoms with Gasteiger partial charge in [-0.15, -0.1) is 0 Å². The van der Waals surface area contributed by atoms with Gasteiger partial charge in [0, 0.05) is 31.2 Å². The first-order valence-electron chi connectivity index (χ1n) is 9.86. The zero-order valence-corrected chi connectivity index (χ0v) is 17.7. The van der Waals surface area contributed by atoms with Gasteiger partial charge in [0.2, 0.25) is 15.6 Å². The molecule has 0 saturated heterocycles. The Morgan fingerprint density at radius 3 is 2.65 bits per heavy atom. The molecule has 0 saturated carbocycles. The molecule has 0 spiro atoms. The number of hydrogen-bond acceptors (Lipinski definition) is 6. The van der Waals surface area contributed by atoms with Crippen molar-refractivity contribution in [1.29, 1.82) is 0 Å². The first kappa shape index (κ1) is 20.7. The number of carbonyl (C=O) groups excluding carboxylic acids is 1. The van der Waals surface area contributed by atoms with Crippen LogP contribution in [-0.2, 0) is 16.3 Å². The van der Waals surface area contributed by atoms with Crippen LogP contribution in [0.25, 0.3) is 5.78 Å². The lowest BCUT2D eigenvalue weighted by Gasteiger charge is -2.08. The maximum atomic E-state index is 12.9. The molecule has 8 heteroatoms. The fourth-order valence-electron chi connectivity index (χ4n) is 3.23. The number of aromatic nitrogens is 3. The third kappa shape index (κ3) is 4.49. The van der Waals surface area contributed by atoms with Crippen LogP contribution < -0.4 is 4.74 Å². The number of nitrogens with zero attached hydrogens (tertiary/aromatic N) is 3. The number of hydrogen-bond donors (Lipinski definition) is 0. The van der Waals surface area contributed by atoms with E-state index in [1.54, 1.807) is 65.5 Å². The lowest BCUT2D eigenvalue weighted by atomic mass is 10.0. The maximum absolute atomic E-state index is 12.9. The number of aryl methyl sites for hydroxylation is 1. The Morgan fingerprint density at radius 1 is 1.06 bits per heavy atom. The van der Waals surface area contributed by atoms with E-state index in [-0.39, 0.29) is 15.6 Å². The van der Waals surface area contributed by atoms with Crippen molar-refractivity contribution >= 4 is 21.4 Å². The summed E-state index contributed by atoms with van der Waals surface area (Å²) in [4.78, 5) is 21.1. The largest absolute Gasteiger partial charge is 0.494 e. The van der Waals surface area contributed by atoms with Gasteiger partial charge in [0.25, 0.3) is 0 Å². The van der Waals surface area contributed by atoms with E-state index < -0.39 is 9.84 Å². The average molecular weight is 436 g/mol. The van der Waals surface area contributed by atoms with Crippen LogP contribution in [0.5, 0.6) is 5.75 Å². The van der Waals surface area contributed by atoms with Gasteiger partial charge in [-0.3, -0.25) is 9.20 Å². The molecule has 4 aromatic rings. The molecule has 0 N–H and O–H groups in total. The molecule has 0 amide bonds. The van der Waals surface area contributed by atoms with E-state index in [1.807, 2.05) is 6.92 Å². The number of imidazole rings is 1. The number of benzene rings is 2. The molecule has 0 fully saturated rings. The Balaban J connectivity index is 1.45. The summed E-state index contributed by atoms with van der Waals surface area (Å²) < 4.78 is 32.9. The number of ether oxygens (including phenoxy) is 1. The molecule has 31 heavy (non-hydrogen) atoms. The monoisotopic (exact) mass is 435 g/mol. The SMILES string of the molecule is CCOc1cccc(S(=O)(=O)c2ccc(CCC(=O)c3cnc4nccn4c3)cc2)c1. The van der Waals surface area contributed by atoms with Gasteiger partial charge in [-0.05, 0) is 49.2 Å². The second-order valence-electron chi connectivity index (χ2n) is 6.96. The Labute approximate surface area is 180 Å². The predicted molar refractivity (Wildman–Crippen MR) is 115 cm³/mol. The smallest absolute Gasteiger partial charge is 0.233 e. The topological polar surface area (TPSA) is 90.6 Å². The molecule has 0 radical (unpaired) electrons. The standard InChI is InChI=1S/C23H21N3O4S/c1-2-30-19-4-3-5-21(14-19)31(28,29)20-9-6-17(7-10-20)8-11-22(27)18-15-25-23-24-12-13-26(23)16-18/h3-7,9-10,12-16H,2,8,11H2,1H3. The van der Waals surface area contributed by atoms with Gasteiger partial charge in [-0.1, -0.05) is 18.2 Å². The van der Waals surface area contributed by atoms with Crippen LogP contribution in [0.15, 0.2) is 83.1 Å². The predicted octanol–water partition coefficient (Wildman–Crippen LogP) is 3.78. The third-order valence-corrected chi connectivity index (χ3v) is 6.64. The van der Waals surface area contributed by atoms with Crippen molar-refractivity contribution in [1.82, 2.24) is 14.4 Å². The van der Waals surface area contributed by atoms with Crippen molar-refractivity contribution in [2.45, 2.75) is 29.6 Å². The Bertz CT molecular complexity index is 1330. The molecule has 0 aliphatic heterocycles. The summed E-state index contributed by atoms with van der Waals surface area (Å²) in [5, 5.41) is 0. The minimum atomic E-state index is -3.65. The average Bonchev–Trinajstić information content (AvgIpc) is 3.26. The lowest BCUT2D eigenvalue weighted by Crippen LogP contribution is -2.05. The van der Waals surface area contributed by atoms with Crippen LogP contribution >= 0.6 is 0 Å². The fourth-order valence-corrected chi connectivity index (χ4v) is 4.53. The van der Waals surface area contributed by atoms with E-state index in [9.17, 15) is 13.2 Å². The van der Waals surface area contributed by atoms with Crippen LogP contribution in [-0.4, -0.2) is 35.2 Å². The number of carbonyl (C=O) groups is 1. The van der Waals surface area contributed by atoms with Crippen molar-refractivity contribution in [2.75, 3.05) is 6.61 Å². The van der Waals surface area contributed by atoms with Crippen LogP contribution in [0.4, 0.5) is 0 Å². The summed E-state index contributed by atoms with van der Waals surface area (Å²) in [6, 6.07) is 13.1. The molecular weight excluding hydrogens is 414 g/mol. The van der Waals surface area contributed by atoms with Crippen molar-refractivity contribution in [2.24, 2.45) is 0 Å². The molecule has 0 aliphatic rings. The van der Waals surface area contributed by atoms with Gasteiger partial charge in [0.05, 0.1) is 22.0 Å². The zero-order chi connectivity index (χ0) is 21.8. The molecule has 2 heterocycles. The van der Waals surface area contributed by atoms with Crippen molar-refractivity contribution in [3.8, 4) is 5.75 Å². The van der Waals surface area contributed by atoms with E-state index >= 15 is 0 Å². The van der Waals surface area contributed by atoms with Crippen LogP contribution in [0.2, 0.25) is 0 Å². The number of sulfone groups is 1. The van der Waals surface area contributed by atoms with Gasteiger partial charge < -0.3 is 4.74 Å². The molecule has 0 aliphatic carbocycles. The van der Waals surface area contributed by atoms with Crippen LogP contribution in [0.3, 0.4) is 0 Å². The number of fused-ring (bicyclic) bond motifs is 1. The van der Waals surface area contributed by atoms with Gasteiger partial charge in [0.15, 0.2) is 5.78 Å². The van der Waals surface area contributed by atoms with E-state index in [2.05, 4.69) is 9.97 Å². The summed E-state index contributed by atoms with van der Waals surface area (Å²) in [5.74, 6) is 1.02. The highest BCUT2D eigenvalue weighted by molar-refractivity contribution is 7.91. The highest BCUT2D eigenvalue weighted by Gasteiger charge is 2.18. The number of ketones is 1. The fraction of sp³-hybridized carbons (Fsp3) is 0.174. The molecule has 7 nitrogen and oxygen atoms in total. The van der Waals surface area contributed by atoms with Gasteiger partial charge in [0.1, 0.15) is 5.75 Å². The molecule has 2 aromatic heterocycles. The third-order valence-electron chi connectivity index (χ3n) is 4.87. The van der Waals surface area contributed by atoms with Crippen molar-refractivity contribution in [3.63, 3.8) is 0 Å². The van der Waals surface area contributed by atoms with Gasteiger partial charge >= 0.3 is 0 Å². The van der Waals surface area contributed by atoms with Gasteiger partial charge in [-0.25, -0.2) is 18.4 Å². The number of Topliss-reactive ketones (excluding diaryl/α,β-unsaturated/α-hetero) is 1. The molecule has 2 aromatic carbocycles. The Kier molecular flexibility index (Phi) is 5.81. The second-order valence-corrected chi connectivity index (χ2v) is 8.91. The molecule has 0 bridgehead atoms. The van der Waals surface area contributed by atoms with Crippen molar-refractivity contribution < 1.29 is 17.9 Å². The normalized spacial score (nSPS) is 11.5. The van der Waals surface area contributed by atoms with Crippen LogP contribution in [0.1, 0.15) is 29.3 Å². The first-order chi connectivity index (χ1) is 15.0. The van der Waals surface area contributed by atoms with Crippen LogP contribution in [0, 0.1) is 0 Å². The van der Waals surface area contributed by atoms with E-state index in [4.69, 9.17) is 4.74 Å². The van der Waals surface area contributed by atoms with E-state index in [0.717, 1.165) is 5.56 Å². The summed E-state index contributed by atoms with van der Waals surface area (Å²) in [6.45, 7) is 2.31. The summed E-state index contributed by atoms with van der Waals surface area (Å²) in [7, 11) is -3.65. The second kappa shape index (κ2) is 8.69. The molecule has 4 rings (SSSR count). The minimum absolute atomic E-state index is 0.0347. The summed E-state index contributed by atoms with van der Waals surface area (Å²) in [5.41, 5.74) is 1.39. The molecular formula is C23H21N3O4S. The lowest BCUT2D eigenvalue weighted by molar-refractivity contribution is 0.0982. The molecule has 158 valence electrons. The zero-order valence-electron chi connectivity index (χ0n) is 16.9. The summed E-state index contributed by atoms with van der Waals surface area (Å²) in [6.07, 6.45) is 7.40. The molecule has 0 atom stereocenters. The van der Waals surface area contributed by atoms with Gasteiger partial charge in [-0.2, -0.15) is 0 Å². The minimum Gasteiger partial charge on any atom is -0.494 e. The highest BCUT2D eigenvalue weighted by Crippen LogP contribution is 2.25. The summed E-state index contributed by atoms with van der Waals surface area (Å²) >= 11 is 0. The van der Waals surface area contributed by atoms with E-state index in [1.165, 1.54) is 12.3 Å².